The van der Waals surface area contributed by atoms with Crippen LogP contribution in [-0.4, -0.2) is 0 Å². The van der Waals surface area contributed by atoms with Gasteiger partial charge < -0.3 is 0 Å². The average Bonchev–Trinajstić information content (AvgIpc) is 2.01. The van der Waals surface area contributed by atoms with E-state index in [1.807, 2.05) is 44.2 Å². The summed E-state index contributed by atoms with van der Waals surface area (Å²) >= 11 is 0. The van der Waals surface area contributed by atoms with Crippen LogP contribution in [0.3, 0.4) is 0 Å². The van der Waals surface area contributed by atoms with Gasteiger partial charge in [0, 0.05) is 0 Å². The molecule has 0 unspecified atom stereocenters. The van der Waals surface area contributed by atoms with E-state index in [4.69, 9.17) is 0 Å². The maximum Gasteiger partial charge on any atom is -0.0398 e. The molecule has 0 fully saturated rings. The number of hydrogen-bond donors (Lipinski definition) is 0. The summed E-state index contributed by atoms with van der Waals surface area (Å²) in [7, 11) is 0. The van der Waals surface area contributed by atoms with Crippen LogP contribution in [-0.2, 0) is 0 Å². The molecule has 0 rings (SSSR count). The van der Waals surface area contributed by atoms with Crippen LogP contribution in [0.4, 0.5) is 0 Å². The predicted molar refractivity (Wildman–Crippen MR) is 52.5 cm³/mol. The fourth-order valence-corrected chi connectivity index (χ4v) is 0.622. The van der Waals surface area contributed by atoms with Crippen molar-refractivity contribution < 1.29 is 0 Å². The molecular formula is C11H16. The molecule has 0 aromatic carbocycles. The Kier molecular flexibility index (Phi) is 6.40. The SMILES string of the molecule is C\C=C/C=C(C)\C=C/C=C/C. The zero-order valence-electron chi connectivity index (χ0n) is 7.54. The van der Waals surface area contributed by atoms with Crippen molar-refractivity contribution in [3.8, 4) is 0 Å². The molecule has 0 radical (unpaired) electrons. The molecule has 0 aliphatic carbocycles. The van der Waals surface area contributed by atoms with E-state index in [-0.39, 0.29) is 0 Å². The minimum atomic E-state index is 1.27. The zero-order chi connectivity index (χ0) is 8.53. The van der Waals surface area contributed by atoms with E-state index in [1.165, 1.54) is 5.57 Å². The lowest BCUT2D eigenvalue weighted by Crippen LogP contribution is -1.63. The summed E-state index contributed by atoms with van der Waals surface area (Å²) in [6, 6.07) is 0. The van der Waals surface area contributed by atoms with Crippen LogP contribution >= 0.6 is 0 Å². The molecule has 0 aromatic heterocycles. The van der Waals surface area contributed by atoms with Gasteiger partial charge in [-0.05, 0) is 20.8 Å². The topological polar surface area (TPSA) is 0 Å². The molecule has 0 aliphatic heterocycles. The second kappa shape index (κ2) is 7.07. The lowest BCUT2D eigenvalue weighted by atomic mass is 10.2. The summed E-state index contributed by atoms with van der Waals surface area (Å²) in [5.74, 6) is 0. The Bertz CT molecular complexity index is 190. The summed E-state index contributed by atoms with van der Waals surface area (Å²) in [6.07, 6.45) is 14.3. The van der Waals surface area contributed by atoms with Crippen LogP contribution in [0, 0.1) is 0 Å². The third-order valence-electron chi connectivity index (χ3n) is 1.21. The maximum atomic E-state index is 2.08. The molecule has 0 aliphatic rings. The fraction of sp³-hybridized carbons (Fsp3) is 0.273. The summed E-state index contributed by atoms with van der Waals surface area (Å²) < 4.78 is 0. The van der Waals surface area contributed by atoms with E-state index >= 15 is 0 Å². The van der Waals surface area contributed by atoms with Crippen LogP contribution in [0.1, 0.15) is 20.8 Å². The number of rotatable bonds is 3. The minimum absolute atomic E-state index is 1.27. The van der Waals surface area contributed by atoms with E-state index < -0.39 is 0 Å². The molecule has 0 heteroatoms. The fourth-order valence-electron chi connectivity index (χ4n) is 0.622. The van der Waals surface area contributed by atoms with Crippen LogP contribution in [0.25, 0.3) is 0 Å². The molecule has 0 saturated carbocycles. The zero-order valence-corrected chi connectivity index (χ0v) is 7.54. The highest BCUT2D eigenvalue weighted by Gasteiger charge is 1.74. The van der Waals surface area contributed by atoms with Crippen molar-refractivity contribution in [1.29, 1.82) is 0 Å². The molecule has 0 amide bonds. The second-order valence-corrected chi connectivity index (χ2v) is 2.32. The molecule has 0 N–H and O–H groups in total. The highest BCUT2D eigenvalue weighted by atomic mass is 13.8. The Morgan fingerprint density at radius 1 is 0.909 bits per heavy atom. The van der Waals surface area contributed by atoms with Crippen molar-refractivity contribution in [3.05, 3.63) is 48.1 Å². The van der Waals surface area contributed by atoms with Gasteiger partial charge in [-0.25, -0.2) is 0 Å². The van der Waals surface area contributed by atoms with Crippen molar-refractivity contribution in [3.63, 3.8) is 0 Å². The van der Waals surface area contributed by atoms with E-state index in [0.717, 1.165) is 0 Å². The lowest BCUT2D eigenvalue weighted by Gasteiger charge is -1.84. The first-order valence-corrected chi connectivity index (χ1v) is 3.90. The molecule has 0 saturated heterocycles. The molecule has 11 heavy (non-hydrogen) atoms. The monoisotopic (exact) mass is 148 g/mol. The quantitative estimate of drug-likeness (QED) is 0.536. The molecule has 0 atom stereocenters. The Morgan fingerprint density at radius 2 is 1.55 bits per heavy atom. The Morgan fingerprint density at radius 3 is 2.09 bits per heavy atom. The smallest absolute Gasteiger partial charge is 0.0398 e. The summed E-state index contributed by atoms with van der Waals surface area (Å²) in [6.45, 7) is 6.11. The Labute approximate surface area is 69.6 Å². The van der Waals surface area contributed by atoms with Crippen molar-refractivity contribution in [2.24, 2.45) is 0 Å². The van der Waals surface area contributed by atoms with Crippen molar-refractivity contribution in [2.45, 2.75) is 20.8 Å². The molecule has 0 nitrogen and oxygen atoms in total. The third kappa shape index (κ3) is 6.85. The average molecular weight is 148 g/mol. The molecule has 0 aromatic rings. The van der Waals surface area contributed by atoms with Gasteiger partial charge in [-0.1, -0.05) is 48.1 Å². The van der Waals surface area contributed by atoms with E-state index in [0.29, 0.717) is 0 Å². The van der Waals surface area contributed by atoms with Crippen molar-refractivity contribution >= 4 is 0 Å². The largest absolute Gasteiger partial charge is 0.0877 e. The molecule has 60 valence electrons. The molecule has 0 bridgehead atoms. The van der Waals surface area contributed by atoms with Crippen LogP contribution < -0.4 is 0 Å². The first-order chi connectivity index (χ1) is 5.31. The van der Waals surface area contributed by atoms with Gasteiger partial charge in [0.25, 0.3) is 0 Å². The normalized spacial score (nSPS) is 14.3. The predicted octanol–water partition coefficient (Wildman–Crippen LogP) is 3.64. The van der Waals surface area contributed by atoms with Gasteiger partial charge in [-0.15, -0.1) is 0 Å². The van der Waals surface area contributed by atoms with E-state index in [1.54, 1.807) is 0 Å². The van der Waals surface area contributed by atoms with Gasteiger partial charge in [-0.2, -0.15) is 0 Å². The van der Waals surface area contributed by atoms with Gasteiger partial charge >= 0.3 is 0 Å². The first kappa shape index (κ1) is 9.96. The third-order valence-corrected chi connectivity index (χ3v) is 1.21. The highest BCUT2D eigenvalue weighted by Crippen LogP contribution is 1.95. The van der Waals surface area contributed by atoms with E-state index in [9.17, 15) is 0 Å². The summed E-state index contributed by atoms with van der Waals surface area (Å²) in [4.78, 5) is 0. The maximum absolute atomic E-state index is 2.08. The number of allylic oxidation sites excluding steroid dienone is 8. The molecule has 0 heterocycles. The van der Waals surface area contributed by atoms with Gasteiger partial charge in [0.1, 0.15) is 0 Å². The first-order valence-electron chi connectivity index (χ1n) is 3.90. The van der Waals surface area contributed by atoms with Crippen LogP contribution in [0.15, 0.2) is 48.1 Å². The summed E-state index contributed by atoms with van der Waals surface area (Å²) in [5.41, 5.74) is 1.27. The molecule has 0 spiro atoms. The highest BCUT2D eigenvalue weighted by molar-refractivity contribution is 5.23. The van der Waals surface area contributed by atoms with Crippen molar-refractivity contribution in [1.82, 2.24) is 0 Å². The van der Waals surface area contributed by atoms with Crippen LogP contribution in [0.5, 0.6) is 0 Å². The van der Waals surface area contributed by atoms with Crippen molar-refractivity contribution in [2.75, 3.05) is 0 Å². The van der Waals surface area contributed by atoms with Gasteiger partial charge in [-0.3, -0.25) is 0 Å². The second-order valence-electron chi connectivity index (χ2n) is 2.32. The van der Waals surface area contributed by atoms with Gasteiger partial charge in [0.2, 0.25) is 0 Å². The molecular weight excluding hydrogens is 132 g/mol. The minimum Gasteiger partial charge on any atom is -0.0877 e. The van der Waals surface area contributed by atoms with Gasteiger partial charge in [0.05, 0.1) is 0 Å². The lowest BCUT2D eigenvalue weighted by molar-refractivity contribution is 1.51. The van der Waals surface area contributed by atoms with Gasteiger partial charge in [0.15, 0.2) is 0 Å². The van der Waals surface area contributed by atoms with Crippen LogP contribution in [0.2, 0.25) is 0 Å². The summed E-state index contributed by atoms with van der Waals surface area (Å²) in [5, 5.41) is 0. The Hall–Kier alpha value is -1.04. The Balaban J connectivity index is 3.94. The number of hydrogen-bond acceptors (Lipinski definition) is 0. The standard InChI is InChI=1S/C11H16/c1-4-6-8-10-11(3)9-7-5-2/h4-10H,1-3H3/b6-4+,7-5-,10-8-,11-9-. The van der Waals surface area contributed by atoms with E-state index in [2.05, 4.69) is 19.1 Å².